The van der Waals surface area contributed by atoms with E-state index >= 15 is 0 Å². The summed E-state index contributed by atoms with van der Waals surface area (Å²) in [5, 5.41) is 9.42. The van der Waals surface area contributed by atoms with Crippen LogP contribution in [0, 0.1) is 0 Å². The Hall–Kier alpha value is -0.410. The first kappa shape index (κ1) is 6.59. The molecule has 0 fully saturated rings. The van der Waals surface area contributed by atoms with E-state index in [4.69, 9.17) is 5.21 Å². The predicted molar refractivity (Wildman–Crippen MR) is 28.6 cm³/mol. The zero-order chi connectivity index (χ0) is 5.70. The minimum atomic E-state index is 0.358. The highest BCUT2D eigenvalue weighted by molar-refractivity contribution is 5.52. The maximum absolute atomic E-state index is 8.40. The molecule has 3 heteroatoms. The molecule has 0 unspecified atom stereocenters. The van der Waals surface area contributed by atoms with Crippen LogP contribution in [0.5, 0.6) is 0 Å². The number of nitrogens with zero attached hydrogens (tertiary/aromatic N) is 2. The number of rotatable bonds is 2. The van der Waals surface area contributed by atoms with Gasteiger partial charge in [0.15, 0.2) is 0 Å². The molecule has 0 spiro atoms. The Balaban J connectivity index is 2.97. The molecule has 0 aromatic heterocycles. The first-order valence-corrected chi connectivity index (χ1v) is 2.12. The summed E-state index contributed by atoms with van der Waals surface area (Å²) < 4.78 is 0. The summed E-state index contributed by atoms with van der Waals surface area (Å²) in [6.07, 6.45) is 1.65. The lowest BCUT2D eigenvalue weighted by Crippen LogP contribution is -2.11. The third kappa shape index (κ3) is 5.59. The molecule has 0 saturated heterocycles. The van der Waals surface area contributed by atoms with E-state index in [1.807, 2.05) is 6.92 Å². The van der Waals surface area contributed by atoms with Crippen LogP contribution in [-0.2, 0) is 0 Å². The summed E-state index contributed by atoms with van der Waals surface area (Å²) in [7, 11) is 1.55. The smallest absolute Gasteiger partial charge is 0.113 e. The van der Waals surface area contributed by atoms with Crippen molar-refractivity contribution in [1.29, 1.82) is 0 Å². The van der Waals surface area contributed by atoms with E-state index < -0.39 is 0 Å². The highest BCUT2D eigenvalue weighted by atomic mass is 16.5. The van der Waals surface area contributed by atoms with E-state index in [2.05, 4.69) is 4.99 Å². The fraction of sp³-hybridized carbons (Fsp3) is 0.750. The fourth-order valence-electron chi connectivity index (χ4n) is 0.200. The second-order valence-corrected chi connectivity index (χ2v) is 1.24. The van der Waals surface area contributed by atoms with Gasteiger partial charge in [0.05, 0.1) is 0 Å². The number of aliphatic imine (C=N–C) groups is 1. The average molecular weight is 102 g/mol. The zero-order valence-corrected chi connectivity index (χ0v) is 4.63. The number of hydrogen-bond donors (Lipinski definition) is 1. The van der Waals surface area contributed by atoms with Crippen molar-refractivity contribution in [3.8, 4) is 0 Å². The number of hydrogen-bond acceptors (Lipinski definition) is 3. The molecule has 1 N–H and O–H groups in total. The monoisotopic (exact) mass is 102 g/mol. The van der Waals surface area contributed by atoms with Crippen molar-refractivity contribution in [2.45, 2.75) is 6.92 Å². The third-order valence-corrected chi connectivity index (χ3v) is 0.469. The molecule has 0 aliphatic heterocycles. The first-order valence-electron chi connectivity index (χ1n) is 2.12. The van der Waals surface area contributed by atoms with Crippen molar-refractivity contribution in [2.75, 3.05) is 13.7 Å². The molecule has 7 heavy (non-hydrogen) atoms. The minimum absolute atomic E-state index is 0.358. The van der Waals surface area contributed by atoms with Gasteiger partial charge in [0.1, 0.15) is 6.67 Å². The van der Waals surface area contributed by atoms with Crippen LogP contribution in [0.4, 0.5) is 0 Å². The van der Waals surface area contributed by atoms with Gasteiger partial charge in [-0.2, -0.15) is 5.06 Å². The SMILES string of the molecule is C/C=N\CN(C)O. The second kappa shape index (κ2) is 3.77. The van der Waals surface area contributed by atoms with E-state index in [0.29, 0.717) is 6.67 Å². The van der Waals surface area contributed by atoms with Crippen molar-refractivity contribution < 1.29 is 5.21 Å². The van der Waals surface area contributed by atoms with E-state index in [1.165, 1.54) is 0 Å². The van der Waals surface area contributed by atoms with E-state index in [-0.39, 0.29) is 0 Å². The maximum Gasteiger partial charge on any atom is 0.113 e. The summed E-state index contributed by atoms with van der Waals surface area (Å²) in [5.41, 5.74) is 0. The summed E-state index contributed by atoms with van der Waals surface area (Å²) in [5.74, 6) is 0. The molecule has 0 aliphatic rings. The van der Waals surface area contributed by atoms with Crippen molar-refractivity contribution in [2.24, 2.45) is 4.99 Å². The van der Waals surface area contributed by atoms with Gasteiger partial charge in [-0.25, -0.2) is 0 Å². The molecule has 0 heterocycles. The molecule has 0 aromatic rings. The van der Waals surface area contributed by atoms with Gasteiger partial charge in [0.25, 0.3) is 0 Å². The van der Waals surface area contributed by atoms with Gasteiger partial charge in [0, 0.05) is 7.05 Å². The van der Waals surface area contributed by atoms with E-state index in [0.717, 1.165) is 5.06 Å². The fourth-order valence-corrected chi connectivity index (χ4v) is 0.200. The minimum Gasteiger partial charge on any atom is -0.312 e. The summed E-state index contributed by atoms with van der Waals surface area (Å²) in [4.78, 5) is 3.72. The standard InChI is InChI=1S/C4H10N2O/c1-3-5-4-6(2)7/h3,7H,4H2,1-2H3/b5-3-. The normalized spacial score (nSPS) is 11.4. The van der Waals surface area contributed by atoms with Gasteiger partial charge < -0.3 is 5.21 Å². The molecule has 0 saturated carbocycles. The molecular weight excluding hydrogens is 92.1 g/mol. The van der Waals surface area contributed by atoms with Crippen LogP contribution < -0.4 is 0 Å². The summed E-state index contributed by atoms with van der Waals surface area (Å²) >= 11 is 0. The molecule has 0 atom stereocenters. The van der Waals surface area contributed by atoms with Gasteiger partial charge in [0.2, 0.25) is 0 Å². The Bertz CT molecular complexity index is 60.7. The Labute approximate surface area is 43.2 Å². The summed E-state index contributed by atoms with van der Waals surface area (Å²) in [6, 6.07) is 0. The molecule has 3 nitrogen and oxygen atoms in total. The zero-order valence-electron chi connectivity index (χ0n) is 4.63. The average Bonchev–Trinajstić information content (AvgIpc) is 1.61. The number of hydroxylamine groups is 2. The second-order valence-electron chi connectivity index (χ2n) is 1.24. The van der Waals surface area contributed by atoms with Gasteiger partial charge >= 0.3 is 0 Å². The lowest BCUT2D eigenvalue weighted by atomic mass is 10.9. The predicted octanol–water partition coefficient (Wildman–Crippen LogP) is 0.356. The lowest BCUT2D eigenvalue weighted by Gasteiger charge is -1.99. The highest BCUT2D eigenvalue weighted by Gasteiger charge is 1.79. The third-order valence-electron chi connectivity index (χ3n) is 0.469. The van der Waals surface area contributed by atoms with Crippen LogP contribution in [0.3, 0.4) is 0 Å². The molecule has 0 rings (SSSR count). The van der Waals surface area contributed by atoms with Crippen LogP contribution in [0.25, 0.3) is 0 Å². The van der Waals surface area contributed by atoms with Gasteiger partial charge in [-0.1, -0.05) is 0 Å². The summed E-state index contributed by atoms with van der Waals surface area (Å²) in [6.45, 7) is 2.17. The van der Waals surface area contributed by atoms with Crippen molar-refractivity contribution >= 4 is 6.21 Å². The van der Waals surface area contributed by atoms with Crippen molar-refractivity contribution in [3.05, 3.63) is 0 Å². The Morgan fingerprint density at radius 2 is 2.43 bits per heavy atom. The molecule has 0 bridgehead atoms. The van der Waals surface area contributed by atoms with E-state index in [1.54, 1.807) is 13.3 Å². The largest absolute Gasteiger partial charge is 0.312 e. The van der Waals surface area contributed by atoms with Crippen LogP contribution in [-0.4, -0.2) is 30.2 Å². The quantitative estimate of drug-likeness (QED) is 0.403. The highest BCUT2D eigenvalue weighted by Crippen LogP contribution is 1.70. The van der Waals surface area contributed by atoms with Gasteiger partial charge in [-0.05, 0) is 13.1 Å². The van der Waals surface area contributed by atoms with E-state index in [9.17, 15) is 0 Å². The molecule has 42 valence electrons. The molecule has 0 amide bonds. The Morgan fingerprint density at radius 3 is 2.57 bits per heavy atom. The maximum atomic E-state index is 8.40. The Kier molecular flexibility index (Phi) is 3.55. The van der Waals surface area contributed by atoms with Crippen LogP contribution in [0.1, 0.15) is 6.92 Å². The topological polar surface area (TPSA) is 35.8 Å². The molecule has 0 aliphatic carbocycles. The molecule has 0 aromatic carbocycles. The molecule has 0 radical (unpaired) electrons. The van der Waals surface area contributed by atoms with Crippen LogP contribution >= 0.6 is 0 Å². The molecular formula is C4H10N2O. The Morgan fingerprint density at radius 1 is 1.86 bits per heavy atom. The van der Waals surface area contributed by atoms with Gasteiger partial charge in [-0.3, -0.25) is 4.99 Å². The lowest BCUT2D eigenvalue weighted by molar-refractivity contribution is -0.0615. The van der Waals surface area contributed by atoms with Crippen LogP contribution in [0.15, 0.2) is 4.99 Å². The van der Waals surface area contributed by atoms with Crippen molar-refractivity contribution in [1.82, 2.24) is 5.06 Å². The first-order chi connectivity index (χ1) is 3.27. The van der Waals surface area contributed by atoms with Crippen LogP contribution in [0.2, 0.25) is 0 Å². The van der Waals surface area contributed by atoms with Gasteiger partial charge in [-0.15, -0.1) is 0 Å². The van der Waals surface area contributed by atoms with Crippen molar-refractivity contribution in [3.63, 3.8) is 0 Å².